The minimum absolute atomic E-state index is 0.271. The van der Waals surface area contributed by atoms with Crippen LogP contribution in [-0.4, -0.2) is 29.4 Å². The molecule has 0 bridgehead atoms. The maximum atomic E-state index is 11.4. The van der Waals surface area contributed by atoms with Gasteiger partial charge in [0, 0.05) is 5.56 Å². The fourth-order valence-electron chi connectivity index (χ4n) is 1.76. The van der Waals surface area contributed by atoms with E-state index in [4.69, 9.17) is 14.9 Å². The van der Waals surface area contributed by atoms with Gasteiger partial charge in [-0.15, -0.1) is 0 Å². The number of ketones is 1. The summed E-state index contributed by atoms with van der Waals surface area (Å²) in [5.74, 6) is 0.0697. The molecule has 0 aromatic heterocycles. The number of benzene rings is 2. The zero-order valence-electron chi connectivity index (χ0n) is 10.4. The molecule has 0 spiro atoms. The Bertz CT molecular complexity index is 556. The fourth-order valence-corrected chi connectivity index (χ4v) is 1.76. The van der Waals surface area contributed by atoms with Gasteiger partial charge in [0.1, 0.15) is 5.75 Å². The Morgan fingerprint density at radius 1 is 0.947 bits per heavy atom. The van der Waals surface area contributed by atoms with Gasteiger partial charge < -0.3 is 14.9 Å². The minimum Gasteiger partial charge on any atom is -0.497 e. The van der Waals surface area contributed by atoms with Crippen LogP contribution in [0.25, 0.3) is 11.1 Å². The van der Waals surface area contributed by atoms with Gasteiger partial charge in [-0.05, 0) is 23.3 Å². The number of carbonyl (C=O) groups is 1. The smallest absolute Gasteiger partial charge is 0.218 e. The van der Waals surface area contributed by atoms with Crippen LogP contribution in [0.15, 0.2) is 48.5 Å². The van der Waals surface area contributed by atoms with Gasteiger partial charge in [0.25, 0.3) is 0 Å². The average molecular weight is 258 g/mol. The monoisotopic (exact) mass is 258 g/mol. The minimum atomic E-state index is -1.97. The number of aliphatic hydroxyl groups excluding tert-OH is 1. The summed E-state index contributed by atoms with van der Waals surface area (Å²) in [5, 5.41) is 17.6. The predicted molar refractivity (Wildman–Crippen MR) is 71.0 cm³/mol. The number of carbonyl (C=O) groups excluding carboxylic acids is 1. The van der Waals surface area contributed by atoms with E-state index >= 15 is 0 Å². The number of hydrogen-bond acceptors (Lipinski definition) is 4. The molecule has 19 heavy (non-hydrogen) atoms. The Kier molecular flexibility index (Phi) is 3.94. The van der Waals surface area contributed by atoms with E-state index in [2.05, 4.69) is 0 Å². The van der Waals surface area contributed by atoms with Crippen molar-refractivity contribution in [1.29, 1.82) is 0 Å². The van der Waals surface area contributed by atoms with Gasteiger partial charge in [-0.2, -0.15) is 0 Å². The standard InChI is InChI=1S/C15H14O4/c1-19-13-8-6-11(7-9-13)10-2-4-12(5-3-10)14(16)15(17)18/h2-9,15,17-18H,1H3. The van der Waals surface area contributed by atoms with Crippen LogP contribution in [0.3, 0.4) is 0 Å². The van der Waals surface area contributed by atoms with Gasteiger partial charge in [-0.3, -0.25) is 4.79 Å². The van der Waals surface area contributed by atoms with E-state index in [1.54, 1.807) is 31.4 Å². The second kappa shape index (κ2) is 5.65. The molecule has 0 amide bonds. The Morgan fingerprint density at radius 3 is 1.84 bits per heavy atom. The molecule has 2 rings (SSSR count). The Labute approximate surface area is 110 Å². The van der Waals surface area contributed by atoms with E-state index in [9.17, 15) is 4.79 Å². The predicted octanol–water partition coefficient (Wildman–Crippen LogP) is 1.86. The van der Waals surface area contributed by atoms with Crippen LogP contribution in [0.2, 0.25) is 0 Å². The SMILES string of the molecule is COc1ccc(-c2ccc(C(=O)C(O)O)cc2)cc1. The summed E-state index contributed by atoms with van der Waals surface area (Å²) in [6.45, 7) is 0. The Morgan fingerprint density at radius 2 is 1.42 bits per heavy atom. The first-order chi connectivity index (χ1) is 9.11. The number of methoxy groups -OCH3 is 1. The van der Waals surface area contributed by atoms with Crippen molar-refractivity contribution < 1.29 is 19.7 Å². The van der Waals surface area contributed by atoms with Gasteiger partial charge in [-0.25, -0.2) is 0 Å². The number of rotatable bonds is 4. The molecule has 0 fully saturated rings. The summed E-state index contributed by atoms with van der Waals surface area (Å²) in [7, 11) is 1.61. The molecule has 2 aromatic rings. The molecule has 0 aliphatic heterocycles. The van der Waals surface area contributed by atoms with Crippen LogP contribution >= 0.6 is 0 Å². The Hall–Kier alpha value is -2.17. The Balaban J connectivity index is 2.24. The molecular formula is C15H14O4. The van der Waals surface area contributed by atoms with Crippen molar-refractivity contribution in [1.82, 2.24) is 0 Å². The van der Waals surface area contributed by atoms with Crippen molar-refractivity contribution >= 4 is 5.78 Å². The molecule has 0 aliphatic carbocycles. The van der Waals surface area contributed by atoms with Crippen LogP contribution < -0.4 is 4.74 Å². The van der Waals surface area contributed by atoms with Gasteiger partial charge in [-0.1, -0.05) is 36.4 Å². The molecule has 98 valence electrons. The maximum Gasteiger partial charge on any atom is 0.218 e. The highest BCUT2D eigenvalue weighted by molar-refractivity contribution is 5.98. The van der Waals surface area contributed by atoms with Gasteiger partial charge >= 0.3 is 0 Å². The lowest BCUT2D eigenvalue weighted by Crippen LogP contribution is -2.19. The van der Waals surface area contributed by atoms with Crippen LogP contribution in [-0.2, 0) is 0 Å². The lowest BCUT2D eigenvalue weighted by atomic mass is 10.0. The quantitative estimate of drug-likeness (QED) is 0.649. The van der Waals surface area contributed by atoms with E-state index in [0.29, 0.717) is 0 Å². The highest BCUT2D eigenvalue weighted by Crippen LogP contribution is 2.22. The van der Waals surface area contributed by atoms with Crippen LogP contribution in [0, 0.1) is 0 Å². The molecule has 0 saturated carbocycles. The molecule has 0 heterocycles. The first-order valence-electron chi connectivity index (χ1n) is 5.76. The molecule has 4 heteroatoms. The molecule has 0 saturated heterocycles. The third-order valence-corrected chi connectivity index (χ3v) is 2.83. The molecule has 0 atom stereocenters. The lowest BCUT2D eigenvalue weighted by molar-refractivity contribution is -0.0195. The highest BCUT2D eigenvalue weighted by atomic mass is 16.5. The van der Waals surface area contributed by atoms with Crippen LogP contribution in [0.4, 0.5) is 0 Å². The van der Waals surface area contributed by atoms with E-state index in [1.807, 2.05) is 24.3 Å². The van der Waals surface area contributed by atoms with E-state index in [1.165, 1.54) is 0 Å². The summed E-state index contributed by atoms with van der Waals surface area (Å²) in [5.41, 5.74) is 2.20. The zero-order valence-corrected chi connectivity index (χ0v) is 10.4. The second-order valence-electron chi connectivity index (χ2n) is 4.04. The average Bonchev–Trinajstić information content (AvgIpc) is 2.46. The van der Waals surface area contributed by atoms with Gasteiger partial charge in [0.05, 0.1) is 7.11 Å². The van der Waals surface area contributed by atoms with E-state index in [0.717, 1.165) is 16.9 Å². The third-order valence-electron chi connectivity index (χ3n) is 2.83. The van der Waals surface area contributed by atoms with Crippen molar-refractivity contribution in [2.24, 2.45) is 0 Å². The summed E-state index contributed by atoms with van der Waals surface area (Å²) in [6.07, 6.45) is -1.97. The molecule has 0 unspecified atom stereocenters. The molecule has 2 aromatic carbocycles. The topological polar surface area (TPSA) is 66.8 Å². The van der Waals surface area contributed by atoms with Gasteiger partial charge in [0.2, 0.25) is 12.1 Å². The van der Waals surface area contributed by atoms with Crippen molar-refractivity contribution in [3.8, 4) is 16.9 Å². The number of aliphatic hydroxyl groups is 2. The third kappa shape index (κ3) is 2.99. The second-order valence-corrected chi connectivity index (χ2v) is 4.04. The van der Waals surface area contributed by atoms with Gasteiger partial charge in [0.15, 0.2) is 0 Å². The van der Waals surface area contributed by atoms with Crippen LogP contribution in [0.5, 0.6) is 5.75 Å². The van der Waals surface area contributed by atoms with E-state index in [-0.39, 0.29) is 5.56 Å². The number of Topliss-reactive ketones (excluding diaryl/α,β-unsaturated/α-hetero) is 1. The number of ether oxygens (including phenoxy) is 1. The largest absolute Gasteiger partial charge is 0.497 e. The van der Waals surface area contributed by atoms with Crippen molar-refractivity contribution in [2.45, 2.75) is 6.29 Å². The lowest BCUT2D eigenvalue weighted by Gasteiger charge is -2.06. The summed E-state index contributed by atoms with van der Waals surface area (Å²) >= 11 is 0. The normalized spacial score (nSPS) is 10.5. The molecule has 0 aliphatic rings. The fraction of sp³-hybridized carbons (Fsp3) is 0.133. The maximum absolute atomic E-state index is 11.4. The first kappa shape index (κ1) is 13.3. The van der Waals surface area contributed by atoms with Crippen molar-refractivity contribution in [2.75, 3.05) is 7.11 Å². The summed E-state index contributed by atoms with van der Waals surface area (Å²) in [4.78, 5) is 11.4. The highest BCUT2D eigenvalue weighted by Gasteiger charge is 2.13. The molecule has 4 nitrogen and oxygen atoms in total. The van der Waals surface area contributed by atoms with Crippen molar-refractivity contribution in [3.05, 3.63) is 54.1 Å². The molecular weight excluding hydrogens is 244 g/mol. The zero-order chi connectivity index (χ0) is 13.8. The van der Waals surface area contributed by atoms with E-state index < -0.39 is 12.1 Å². The summed E-state index contributed by atoms with van der Waals surface area (Å²) < 4.78 is 5.08. The van der Waals surface area contributed by atoms with Crippen LogP contribution in [0.1, 0.15) is 10.4 Å². The first-order valence-corrected chi connectivity index (χ1v) is 5.76. The van der Waals surface area contributed by atoms with Crippen molar-refractivity contribution in [3.63, 3.8) is 0 Å². The summed E-state index contributed by atoms with van der Waals surface area (Å²) in [6, 6.07) is 14.2. The molecule has 2 N–H and O–H groups in total. The number of hydrogen-bond donors (Lipinski definition) is 2. The molecule has 0 radical (unpaired) electrons.